The van der Waals surface area contributed by atoms with Crippen LogP contribution in [0.4, 0.5) is 0 Å². The molecule has 6 heteroatoms. The minimum absolute atomic E-state index is 0.229. The summed E-state index contributed by atoms with van der Waals surface area (Å²) in [6, 6.07) is 1.64. The summed E-state index contributed by atoms with van der Waals surface area (Å²) in [6.07, 6.45) is 4.74. The molecule has 2 N–H and O–H groups in total. The molecule has 2 rings (SSSR count). The maximum absolute atomic E-state index is 12.3. The van der Waals surface area contributed by atoms with Gasteiger partial charge in [0.15, 0.2) is 0 Å². The van der Waals surface area contributed by atoms with Crippen molar-refractivity contribution in [3.63, 3.8) is 0 Å². The molecule has 0 aliphatic heterocycles. The Bertz CT molecular complexity index is 684. The SMILES string of the molecule is CC(C)(NC(=O)c1cncc(C#CCO)c1)c1nccs1. The van der Waals surface area contributed by atoms with Gasteiger partial charge in [-0.25, -0.2) is 4.98 Å². The summed E-state index contributed by atoms with van der Waals surface area (Å²) >= 11 is 1.49. The number of hydrogen-bond acceptors (Lipinski definition) is 5. The van der Waals surface area contributed by atoms with Crippen LogP contribution in [0.2, 0.25) is 0 Å². The normalized spacial score (nSPS) is 10.6. The van der Waals surface area contributed by atoms with Crippen LogP contribution in [-0.2, 0) is 5.54 Å². The minimum Gasteiger partial charge on any atom is -0.384 e. The lowest BCUT2D eigenvalue weighted by Crippen LogP contribution is -2.41. The van der Waals surface area contributed by atoms with Gasteiger partial charge < -0.3 is 10.4 Å². The second-order valence-electron chi connectivity index (χ2n) is 4.84. The van der Waals surface area contributed by atoms with Crippen LogP contribution >= 0.6 is 11.3 Å². The van der Waals surface area contributed by atoms with Gasteiger partial charge in [0.05, 0.1) is 11.1 Å². The van der Waals surface area contributed by atoms with Crippen LogP contribution in [0.15, 0.2) is 30.0 Å². The van der Waals surface area contributed by atoms with Gasteiger partial charge >= 0.3 is 0 Å². The van der Waals surface area contributed by atoms with Gasteiger partial charge in [-0.1, -0.05) is 11.8 Å². The summed E-state index contributed by atoms with van der Waals surface area (Å²) in [5, 5.41) is 14.3. The van der Waals surface area contributed by atoms with Crippen LogP contribution in [0.3, 0.4) is 0 Å². The van der Waals surface area contributed by atoms with Gasteiger partial charge in [-0.15, -0.1) is 11.3 Å². The number of nitrogens with one attached hydrogen (secondary N) is 1. The number of hydrogen-bond donors (Lipinski definition) is 2. The predicted octanol–water partition coefficient (Wildman–Crippen LogP) is 1.55. The fraction of sp³-hybridized carbons (Fsp3) is 0.267. The van der Waals surface area contributed by atoms with Crippen LogP contribution in [0.5, 0.6) is 0 Å². The van der Waals surface area contributed by atoms with Crippen molar-refractivity contribution in [1.82, 2.24) is 15.3 Å². The van der Waals surface area contributed by atoms with Crippen molar-refractivity contribution in [2.75, 3.05) is 6.61 Å². The second-order valence-corrected chi connectivity index (χ2v) is 5.73. The van der Waals surface area contributed by atoms with Gasteiger partial charge in [0, 0.05) is 29.5 Å². The highest BCUT2D eigenvalue weighted by Crippen LogP contribution is 2.22. The Labute approximate surface area is 127 Å². The van der Waals surface area contributed by atoms with E-state index in [1.165, 1.54) is 17.5 Å². The molecule has 0 atom stereocenters. The molecule has 2 aromatic heterocycles. The summed E-state index contributed by atoms with van der Waals surface area (Å²) in [5.41, 5.74) is 0.450. The average Bonchev–Trinajstić information content (AvgIpc) is 3.00. The average molecular weight is 301 g/mol. The van der Waals surface area contributed by atoms with Crippen molar-refractivity contribution in [3.8, 4) is 11.8 Å². The predicted molar refractivity (Wildman–Crippen MR) is 80.8 cm³/mol. The first-order valence-corrected chi connectivity index (χ1v) is 7.18. The molecule has 1 amide bonds. The summed E-state index contributed by atoms with van der Waals surface area (Å²) < 4.78 is 0. The highest BCUT2D eigenvalue weighted by Gasteiger charge is 2.26. The van der Waals surface area contributed by atoms with E-state index in [0.29, 0.717) is 11.1 Å². The number of amides is 1. The van der Waals surface area contributed by atoms with E-state index < -0.39 is 5.54 Å². The molecule has 0 aliphatic carbocycles. The standard InChI is InChI=1S/C15H15N3O2S/c1-15(2,14-17-5-7-21-14)18-13(20)12-8-11(4-3-6-19)9-16-10-12/h5,7-10,19H,6H2,1-2H3,(H,18,20). The molecule has 0 spiro atoms. The fourth-order valence-corrected chi connectivity index (χ4v) is 2.43. The molecule has 0 saturated carbocycles. The lowest BCUT2D eigenvalue weighted by atomic mass is 10.1. The molecule has 0 aliphatic rings. The number of carbonyl (C=O) groups excluding carboxylic acids is 1. The van der Waals surface area contributed by atoms with Crippen LogP contribution in [0.1, 0.15) is 34.8 Å². The van der Waals surface area contributed by atoms with E-state index in [0.717, 1.165) is 5.01 Å². The van der Waals surface area contributed by atoms with Crippen molar-refractivity contribution < 1.29 is 9.90 Å². The van der Waals surface area contributed by atoms with E-state index in [1.54, 1.807) is 18.5 Å². The zero-order valence-corrected chi connectivity index (χ0v) is 12.6. The van der Waals surface area contributed by atoms with Crippen LogP contribution in [0, 0.1) is 11.8 Å². The van der Waals surface area contributed by atoms with E-state index in [4.69, 9.17) is 5.11 Å². The molecule has 2 aromatic rings. The third kappa shape index (κ3) is 3.88. The Hall–Kier alpha value is -2.23. The fourth-order valence-electron chi connectivity index (χ4n) is 1.72. The molecular weight excluding hydrogens is 286 g/mol. The number of aliphatic hydroxyl groups excluding tert-OH is 1. The van der Waals surface area contributed by atoms with Gasteiger partial charge in [0.2, 0.25) is 0 Å². The van der Waals surface area contributed by atoms with E-state index in [-0.39, 0.29) is 12.5 Å². The topological polar surface area (TPSA) is 75.1 Å². The van der Waals surface area contributed by atoms with E-state index in [2.05, 4.69) is 27.1 Å². The quantitative estimate of drug-likeness (QED) is 0.843. The van der Waals surface area contributed by atoms with Crippen molar-refractivity contribution >= 4 is 17.2 Å². The monoisotopic (exact) mass is 301 g/mol. The van der Waals surface area contributed by atoms with Crippen LogP contribution < -0.4 is 5.32 Å². The number of aliphatic hydroxyl groups is 1. The zero-order valence-electron chi connectivity index (χ0n) is 11.8. The maximum atomic E-state index is 12.3. The molecule has 0 fully saturated rings. The molecule has 0 radical (unpaired) electrons. The molecular formula is C15H15N3O2S. The molecule has 0 unspecified atom stereocenters. The molecule has 0 saturated heterocycles. The van der Waals surface area contributed by atoms with Crippen molar-refractivity contribution in [2.45, 2.75) is 19.4 Å². The van der Waals surface area contributed by atoms with Crippen LogP contribution in [0.25, 0.3) is 0 Å². The number of pyridine rings is 1. The van der Waals surface area contributed by atoms with Crippen molar-refractivity contribution in [2.24, 2.45) is 0 Å². The van der Waals surface area contributed by atoms with Crippen LogP contribution in [-0.4, -0.2) is 27.6 Å². The van der Waals surface area contributed by atoms with Gasteiger partial charge in [-0.3, -0.25) is 9.78 Å². The number of thiazole rings is 1. The summed E-state index contributed by atoms with van der Waals surface area (Å²) in [6.45, 7) is 3.56. The van der Waals surface area contributed by atoms with Gasteiger partial charge in [0.25, 0.3) is 5.91 Å². The molecule has 5 nitrogen and oxygen atoms in total. The molecule has 21 heavy (non-hydrogen) atoms. The van der Waals surface area contributed by atoms with Crippen molar-refractivity contribution in [3.05, 3.63) is 46.2 Å². The Kier molecular flexibility index (Phi) is 4.68. The first-order valence-electron chi connectivity index (χ1n) is 6.30. The largest absolute Gasteiger partial charge is 0.384 e. The Balaban J connectivity index is 2.17. The number of carbonyl (C=O) groups is 1. The Morgan fingerprint density at radius 1 is 1.48 bits per heavy atom. The van der Waals surface area contributed by atoms with E-state index in [9.17, 15) is 4.79 Å². The first-order chi connectivity index (χ1) is 10.0. The highest BCUT2D eigenvalue weighted by atomic mass is 32.1. The zero-order chi connectivity index (χ0) is 15.3. The summed E-state index contributed by atoms with van der Waals surface area (Å²) in [5.74, 6) is 5.01. The minimum atomic E-state index is -0.558. The lowest BCUT2D eigenvalue weighted by molar-refractivity contribution is 0.0911. The van der Waals surface area contributed by atoms with Gasteiger partial charge in [-0.2, -0.15) is 0 Å². The second kappa shape index (κ2) is 6.48. The summed E-state index contributed by atoms with van der Waals surface area (Å²) in [4.78, 5) is 20.5. The third-order valence-corrected chi connectivity index (χ3v) is 3.80. The van der Waals surface area contributed by atoms with Gasteiger partial charge in [0.1, 0.15) is 11.6 Å². The molecule has 0 aromatic carbocycles. The Morgan fingerprint density at radius 2 is 2.29 bits per heavy atom. The highest BCUT2D eigenvalue weighted by molar-refractivity contribution is 7.09. The van der Waals surface area contributed by atoms with E-state index in [1.807, 2.05) is 19.2 Å². The maximum Gasteiger partial charge on any atom is 0.253 e. The Morgan fingerprint density at radius 3 is 2.95 bits per heavy atom. The molecule has 108 valence electrons. The molecule has 0 bridgehead atoms. The molecule has 2 heterocycles. The van der Waals surface area contributed by atoms with E-state index >= 15 is 0 Å². The first kappa shape index (κ1) is 15.2. The number of rotatable bonds is 3. The number of aromatic nitrogens is 2. The van der Waals surface area contributed by atoms with Crippen molar-refractivity contribution in [1.29, 1.82) is 0 Å². The van der Waals surface area contributed by atoms with Gasteiger partial charge in [-0.05, 0) is 19.9 Å². The third-order valence-electron chi connectivity index (χ3n) is 2.71. The summed E-state index contributed by atoms with van der Waals surface area (Å²) in [7, 11) is 0. The number of nitrogens with zero attached hydrogens (tertiary/aromatic N) is 2. The lowest BCUT2D eigenvalue weighted by Gasteiger charge is -2.23. The smallest absolute Gasteiger partial charge is 0.253 e.